The summed E-state index contributed by atoms with van der Waals surface area (Å²) in [6, 6.07) is 16.1. The zero-order valence-electron chi connectivity index (χ0n) is 22.5. The Bertz CT molecular complexity index is 1370. The Morgan fingerprint density at radius 1 is 1.13 bits per heavy atom. The molecule has 6 rings (SSSR count). The number of ether oxygens (including phenoxy) is 1. The molecule has 2 aromatic carbocycles. The summed E-state index contributed by atoms with van der Waals surface area (Å²) < 4.78 is 6.26. The Balaban J connectivity index is 1.19. The number of nitrogens with zero attached hydrogens (tertiary/aromatic N) is 2. The van der Waals surface area contributed by atoms with E-state index in [1.807, 2.05) is 12.1 Å². The fourth-order valence-corrected chi connectivity index (χ4v) is 7.63. The lowest BCUT2D eigenvalue weighted by Gasteiger charge is -2.47. The van der Waals surface area contributed by atoms with Crippen LogP contribution in [0.2, 0.25) is 5.02 Å². The van der Waals surface area contributed by atoms with E-state index in [1.165, 1.54) is 16.7 Å². The van der Waals surface area contributed by atoms with Crippen molar-refractivity contribution in [2.75, 3.05) is 11.9 Å². The summed E-state index contributed by atoms with van der Waals surface area (Å²) in [4.78, 5) is 21.5. The fraction of sp³-hybridized carbons (Fsp3) is 0.469. The van der Waals surface area contributed by atoms with Gasteiger partial charge in [-0.1, -0.05) is 48.9 Å². The molecule has 0 bridgehead atoms. The highest BCUT2D eigenvalue weighted by Gasteiger charge is 2.54. The number of aliphatic carboxylic acids is 1. The van der Waals surface area contributed by atoms with E-state index in [1.54, 1.807) is 18.5 Å². The molecular weight excluding hydrogens is 510 g/mol. The Morgan fingerprint density at radius 2 is 1.95 bits per heavy atom. The van der Waals surface area contributed by atoms with Crippen LogP contribution in [-0.4, -0.2) is 33.2 Å². The van der Waals surface area contributed by atoms with E-state index in [9.17, 15) is 9.90 Å². The maximum atomic E-state index is 12.7. The summed E-state index contributed by atoms with van der Waals surface area (Å²) in [6.07, 6.45) is 9.62. The fourth-order valence-electron chi connectivity index (χ4n) is 7.44. The maximum Gasteiger partial charge on any atom is 0.329 e. The third kappa shape index (κ3) is 4.88. The van der Waals surface area contributed by atoms with E-state index in [4.69, 9.17) is 16.3 Å². The van der Waals surface area contributed by atoms with Crippen LogP contribution in [0.4, 0.5) is 5.69 Å². The molecule has 0 aliphatic heterocycles. The number of aryl methyl sites for hydroxylation is 1. The van der Waals surface area contributed by atoms with Gasteiger partial charge >= 0.3 is 5.97 Å². The first-order chi connectivity index (χ1) is 18.9. The van der Waals surface area contributed by atoms with E-state index >= 15 is 0 Å². The summed E-state index contributed by atoms with van der Waals surface area (Å²) in [6.45, 7) is 2.89. The first-order valence-corrected chi connectivity index (χ1v) is 14.6. The zero-order valence-corrected chi connectivity index (χ0v) is 23.2. The van der Waals surface area contributed by atoms with Crippen molar-refractivity contribution in [3.8, 4) is 5.88 Å². The molecule has 39 heavy (non-hydrogen) atoms. The Labute approximate surface area is 235 Å². The molecular formula is C32H36ClN3O3. The van der Waals surface area contributed by atoms with Gasteiger partial charge in [-0.3, -0.25) is 0 Å². The number of fused-ring (bicyclic) bond motifs is 3. The topological polar surface area (TPSA) is 84.3 Å². The second-order valence-corrected chi connectivity index (χ2v) is 12.3. The summed E-state index contributed by atoms with van der Waals surface area (Å²) in [5, 5.41) is 14.3. The van der Waals surface area contributed by atoms with E-state index in [-0.39, 0.29) is 5.41 Å². The molecule has 7 heteroatoms. The van der Waals surface area contributed by atoms with Crippen LogP contribution in [-0.2, 0) is 29.5 Å². The molecule has 204 valence electrons. The monoisotopic (exact) mass is 545 g/mol. The minimum Gasteiger partial charge on any atom is -0.480 e. The predicted octanol–water partition coefficient (Wildman–Crippen LogP) is 6.64. The van der Waals surface area contributed by atoms with E-state index in [0.717, 1.165) is 62.2 Å². The molecule has 2 N–H and O–H groups in total. The molecule has 1 saturated carbocycles. The van der Waals surface area contributed by atoms with Crippen LogP contribution in [0, 0.1) is 11.8 Å². The van der Waals surface area contributed by atoms with Crippen molar-refractivity contribution in [2.24, 2.45) is 11.8 Å². The molecule has 0 saturated heterocycles. The highest BCUT2D eigenvalue weighted by atomic mass is 35.5. The molecule has 0 amide bonds. The predicted molar refractivity (Wildman–Crippen MR) is 153 cm³/mol. The van der Waals surface area contributed by atoms with Gasteiger partial charge in [0, 0.05) is 16.3 Å². The number of hydrogen-bond acceptors (Lipinski definition) is 5. The first-order valence-electron chi connectivity index (χ1n) is 14.2. The Morgan fingerprint density at radius 3 is 2.74 bits per heavy atom. The quantitative estimate of drug-likeness (QED) is 0.330. The van der Waals surface area contributed by atoms with Crippen LogP contribution in [0.25, 0.3) is 0 Å². The first kappa shape index (κ1) is 26.1. The standard InChI is InChI=1S/C32H36ClN3O3/c1-21(19-39-29-26-9-5-11-28(26)34-20-35-29)16-23-17-22-6-2-3-10-27(22)31(23)12-14-32(15-13-31,30(37)38)36-25-8-4-7-24(33)18-25/h2-4,6-8,10,18,20-21,23,36H,5,9,11-17,19H2,1H3,(H,37,38)/t21-,23?,31?,32?/m1/s1. The van der Waals surface area contributed by atoms with Crippen molar-refractivity contribution >= 4 is 23.3 Å². The van der Waals surface area contributed by atoms with Gasteiger partial charge in [0.05, 0.1) is 12.3 Å². The van der Waals surface area contributed by atoms with Crippen molar-refractivity contribution in [1.82, 2.24) is 9.97 Å². The Kier molecular flexibility index (Phi) is 7.00. The summed E-state index contributed by atoms with van der Waals surface area (Å²) >= 11 is 6.20. The molecule has 3 aromatic rings. The van der Waals surface area contributed by atoms with Gasteiger partial charge in [-0.05, 0) is 104 Å². The number of nitrogens with one attached hydrogen (secondary N) is 1. The van der Waals surface area contributed by atoms with Crippen molar-refractivity contribution in [1.29, 1.82) is 0 Å². The number of benzene rings is 2. The lowest BCUT2D eigenvalue weighted by molar-refractivity contribution is -0.144. The van der Waals surface area contributed by atoms with Crippen LogP contribution in [0.1, 0.15) is 67.8 Å². The number of hydrogen-bond donors (Lipinski definition) is 2. The number of carboxylic acid groups (broad SMARTS) is 1. The largest absolute Gasteiger partial charge is 0.480 e. The average Bonchev–Trinajstić information content (AvgIpc) is 3.52. The number of carboxylic acids is 1. The molecule has 1 unspecified atom stereocenters. The van der Waals surface area contributed by atoms with Crippen molar-refractivity contribution in [2.45, 2.75) is 75.7 Å². The highest BCUT2D eigenvalue weighted by Crippen LogP contribution is 2.56. The minimum absolute atomic E-state index is 0.0179. The van der Waals surface area contributed by atoms with Gasteiger partial charge in [-0.2, -0.15) is 0 Å². The van der Waals surface area contributed by atoms with Gasteiger partial charge in [0.15, 0.2) is 0 Å². The summed E-state index contributed by atoms with van der Waals surface area (Å²) in [5.74, 6) is 0.760. The number of rotatable bonds is 8. The van der Waals surface area contributed by atoms with Gasteiger partial charge in [-0.15, -0.1) is 0 Å². The molecule has 2 atom stereocenters. The minimum atomic E-state index is -1.000. The number of aromatic nitrogens is 2. The normalized spacial score (nSPS) is 26.2. The second-order valence-electron chi connectivity index (χ2n) is 11.8. The van der Waals surface area contributed by atoms with Gasteiger partial charge < -0.3 is 15.2 Å². The lowest BCUT2D eigenvalue weighted by Crippen LogP contribution is -2.53. The van der Waals surface area contributed by atoms with Crippen molar-refractivity contribution in [3.05, 3.63) is 82.3 Å². The molecule has 1 fully saturated rings. The Hall–Kier alpha value is -3.12. The van der Waals surface area contributed by atoms with E-state index < -0.39 is 11.5 Å². The number of anilines is 1. The van der Waals surface area contributed by atoms with Crippen LogP contribution in [0.5, 0.6) is 5.88 Å². The van der Waals surface area contributed by atoms with E-state index in [0.29, 0.717) is 36.3 Å². The molecule has 0 radical (unpaired) electrons. The SMILES string of the molecule is C[C@@H](COc1ncnc2c1CCC2)CC1Cc2ccccc2C12CCC(Nc1cccc(Cl)c1)(C(=O)O)CC2. The van der Waals surface area contributed by atoms with Gasteiger partial charge in [0.1, 0.15) is 11.9 Å². The summed E-state index contributed by atoms with van der Waals surface area (Å²) in [7, 11) is 0. The molecule has 3 aliphatic carbocycles. The highest BCUT2D eigenvalue weighted by molar-refractivity contribution is 6.30. The smallest absolute Gasteiger partial charge is 0.329 e. The molecule has 1 aromatic heterocycles. The third-order valence-electron chi connectivity index (χ3n) is 9.44. The zero-order chi connectivity index (χ0) is 27.0. The van der Waals surface area contributed by atoms with Gasteiger partial charge in [0.25, 0.3) is 0 Å². The van der Waals surface area contributed by atoms with Gasteiger partial charge in [0.2, 0.25) is 5.88 Å². The number of halogens is 1. The molecule has 1 heterocycles. The molecule has 1 spiro atoms. The van der Waals surface area contributed by atoms with Crippen LogP contribution < -0.4 is 10.1 Å². The van der Waals surface area contributed by atoms with Crippen molar-refractivity contribution in [3.63, 3.8) is 0 Å². The van der Waals surface area contributed by atoms with Crippen molar-refractivity contribution < 1.29 is 14.6 Å². The van der Waals surface area contributed by atoms with Crippen LogP contribution in [0.15, 0.2) is 54.9 Å². The van der Waals surface area contributed by atoms with E-state index in [2.05, 4.69) is 46.5 Å². The average molecular weight is 546 g/mol. The lowest BCUT2D eigenvalue weighted by atomic mass is 9.59. The second kappa shape index (κ2) is 10.5. The van der Waals surface area contributed by atoms with Crippen LogP contribution in [0.3, 0.4) is 0 Å². The number of carbonyl (C=O) groups is 1. The summed E-state index contributed by atoms with van der Waals surface area (Å²) in [5.41, 5.74) is 4.88. The molecule has 3 aliphatic rings. The maximum absolute atomic E-state index is 12.7. The third-order valence-corrected chi connectivity index (χ3v) is 9.68. The van der Waals surface area contributed by atoms with Crippen LogP contribution >= 0.6 is 11.6 Å². The van der Waals surface area contributed by atoms with Gasteiger partial charge in [-0.25, -0.2) is 14.8 Å². The molecule has 6 nitrogen and oxygen atoms in total.